The molecule has 0 saturated carbocycles. The highest BCUT2D eigenvalue weighted by Gasteiger charge is 1.97. The Morgan fingerprint density at radius 2 is 1.48 bits per heavy atom. The molecule has 0 unspecified atom stereocenters. The summed E-state index contributed by atoms with van der Waals surface area (Å²) in [6.07, 6.45) is 5.82. The summed E-state index contributed by atoms with van der Waals surface area (Å²) in [6, 6.07) is 0. The van der Waals surface area contributed by atoms with Gasteiger partial charge in [-0.15, -0.1) is 0 Å². The first-order valence-corrected chi connectivity index (χ1v) is 7.87. The van der Waals surface area contributed by atoms with Crippen LogP contribution in [-0.2, 0) is 19.1 Å². The van der Waals surface area contributed by atoms with Gasteiger partial charge in [0.05, 0.1) is 19.8 Å². The van der Waals surface area contributed by atoms with Crippen molar-refractivity contribution in [2.75, 3.05) is 33.0 Å². The summed E-state index contributed by atoms with van der Waals surface area (Å²) in [5.41, 5.74) is 0. The Morgan fingerprint density at radius 1 is 0.913 bits per heavy atom. The standard InChI is InChI=1S/C10H16O4.C4H10O.C2H6O2/c1-2-3-4-5-8-14-10(13)7-6-9(11)12;1-3-5-4-2;3-1-2-4/h6-7H,2-5,8H2,1H3,(H,11,12);3-4H2,1-2H3;3-4H,1-2H2/b7-6-;;. The van der Waals surface area contributed by atoms with Gasteiger partial charge in [0.15, 0.2) is 0 Å². The number of ether oxygens (including phenoxy) is 2. The molecule has 0 atom stereocenters. The molecule has 0 saturated heterocycles. The van der Waals surface area contributed by atoms with Gasteiger partial charge in [0.25, 0.3) is 0 Å². The van der Waals surface area contributed by atoms with E-state index in [0.29, 0.717) is 6.61 Å². The normalized spacial score (nSPS) is 9.43. The fourth-order valence-electron chi connectivity index (χ4n) is 1.09. The number of hydrogen-bond acceptors (Lipinski definition) is 6. The zero-order valence-electron chi connectivity index (χ0n) is 14.5. The van der Waals surface area contributed by atoms with Crippen molar-refractivity contribution < 1.29 is 34.4 Å². The predicted molar refractivity (Wildman–Crippen MR) is 88.2 cm³/mol. The number of rotatable bonds is 10. The third-order valence-corrected chi connectivity index (χ3v) is 2.11. The van der Waals surface area contributed by atoms with Crippen LogP contribution in [0.15, 0.2) is 12.2 Å². The fourth-order valence-corrected chi connectivity index (χ4v) is 1.09. The summed E-state index contributed by atoms with van der Waals surface area (Å²) in [5, 5.41) is 23.5. The first-order chi connectivity index (χ1) is 11.0. The van der Waals surface area contributed by atoms with Crippen LogP contribution in [0.4, 0.5) is 0 Å². The number of aliphatic carboxylic acids is 1. The van der Waals surface area contributed by atoms with E-state index in [4.69, 9.17) is 24.8 Å². The van der Waals surface area contributed by atoms with Crippen molar-refractivity contribution in [3.05, 3.63) is 12.2 Å². The summed E-state index contributed by atoms with van der Waals surface area (Å²) in [4.78, 5) is 20.8. The summed E-state index contributed by atoms with van der Waals surface area (Å²) in [5.74, 6) is -1.74. The number of unbranched alkanes of at least 4 members (excludes halogenated alkanes) is 3. The lowest BCUT2D eigenvalue weighted by molar-refractivity contribution is -0.138. The molecule has 0 aromatic heterocycles. The van der Waals surface area contributed by atoms with Crippen molar-refractivity contribution in [2.24, 2.45) is 0 Å². The lowest BCUT2D eigenvalue weighted by atomic mass is 10.2. The summed E-state index contributed by atoms with van der Waals surface area (Å²) < 4.78 is 9.58. The molecule has 0 aliphatic carbocycles. The second kappa shape index (κ2) is 25.5. The van der Waals surface area contributed by atoms with E-state index in [1.54, 1.807) is 0 Å². The molecule has 0 spiro atoms. The van der Waals surface area contributed by atoms with Crippen molar-refractivity contribution in [1.82, 2.24) is 0 Å². The van der Waals surface area contributed by atoms with Crippen LogP contribution in [0.25, 0.3) is 0 Å². The number of hydrogen-bond donors (Lipinski definition) is 3. The van der Waals surface area contributed by atoms with Crippen LogP contribution in [0.2, 0.25) is 0 Å². The Labute approximate surface area is 138 Å². The van der Waals surface area contributed by atoms with Gasteiger partial charge in [-0.3, -0.25) is 0 Å². The number of aliphatic hydroxyl groups excluding tert-OH is 2. The number of carbonyl (C=O) groups excluding carboxylic acids is 1. The first kappa shape index (κ1) is 26.5. The molecule has 138 valence electrons. The summed E-state index contributed by atoms with van der Waals surface area (Å²) >= 11 is 0. The maximum absolute atomic E-state index is 10.8. The molecule has 0 aliphatic rings. The minimum absolute atomic E-state index is 0.125. The maximum Gasteiger partial charge on any atom is 0.331 e. The summed E-state index contributed by atoms with van der Waals surface area (Å²) in [6.45, 7) is 7.88. The second-order valence-electron chi connectivity index (χ2n) is 4.13. The Morgan fingerprint density at radius 3 is 1.83 bits per heavy atom. The van der Waals surface area contributed by atoms with Gasteiger partial charge in [0.2, 0.25) is 0 Å². The van der Waals surface area contributed by atoms with E-state index in [0.717, 1.165) is 51.0 Å². The molecular formula is C16H32O7. The number of esters is 1. The lowest BCUT2D eigenvalue weighted by Gasteiger charge is -2.00. The van der Waals surface area contributed by atoms with E-state index < -0.39 is 11.9 Å². The van der Waals surface area contributed by atoms with Gasteiger partial charge in [0.1, 0.15) is 0 Å². The van der Waals surface area contributed by atoms with Crippen LogP contribution in [-0.4, -0.2) is 60.3 Å². The van der Waals surface area contributed by atoms with Crippen LogP contribution in [0.3, 0.4) is 0 Å². The molecule has 7 heteroatoms. The van der Waals surface area contributed by atoms with E-state index in [1.165, 1.54) is 0 Å². The van der Waals surface area contributed by atoms with Crippen LogP contribution in [0.1, 0.15) is 46.5 Å². The molecule has 0 heterocycles. The van der Waals surface area contributed by atoms with Crippen LogP contribution in [0, 0.1) is 0 Å². The van der Waals surface area contributed by atoms with Gasteiger partial charge in [-0.2, -0.15) is 0 Å². The molecule has 0 radical (unpaired) electrons. The number of carboxylic acids is 1. The molecule has 0 amide bonds. The lowest BCUT2D eigenvalue weighted by Crippen LogP contribution is -2.03. The molecule has 7 nitrogen and oxygen atoms in total. The third-order valence-electron chi connectivity index (χ3n) is 2.11. The molecule has 0 rings (SSSR count). The minimum atomic E-state index is -1.15. The Balaban J connectivity index is -0.000000365. The van der Waals surface area contributed by atoms with Gasteiger partial charge in [-0.1, -0.05) is 26.2 Å². The maximum atomic E-state index is 10.8. The van der Waals surface area contributed by atoms with Gasteiger partial charge in [0, 0.05) is 25.4 Å². The highest BCUT2D eigenvalue weighted by atomic mass is 16.5. The van der Waals surface area contributed by atoms with E-state index in [2.05, 4.69) is 6.92 Å². The molecule has 0 bridgehead atoms. The molecular weight excluding hydrogens is 304 g/mol. The highest BCUT2D eigenvalue weighted by molar-refractivity contribution is 5.90. The Hall–Kier alpha value is -1.44. The second-order valence-corrected chi connectivity index (χ2v) is 4.13. The number of carboxylic acid groups (broad SMARTS) is 1. The van der Waals surface area contributed by atoms with Gasteiger partial charge in [-0.25, -0.2) is 9.59 Å². The SMILES string of the molecule is CCCCCCOC(=O)/C=C\C(=O)O.CCOCC.OCCO. The largest absolute Gasteiger partial charge is 0.478 e. The van der Waals surface area contributed by atoms with E-state index in [-0.39, 0.29) is 13.2 Å². The molecule has 3 N–H and O–H groups in total. The van der Waals surface area contributed by atoms with Crippen molar-refractivity contribution in [3.8, 4) is 0 Å². The van der Waals surface area contributed by atoms with Crippen molar-refractivity contribution in [2.45, 2.75) is 46.5 Å². The van der Waals surface area contributed by atoms with Crippen LogP contribution >= 0.6 is 0 Å². The summed E-state index contributed by atoms with van der Waals surface area (Å²) in [7, 11) is 0. The van der Waals surface area contributed by atoms with Crippen LogP contribution < -0.4 is 0 Å². The minimum Gasteiger partial charge on any atom is -0.478 e. The number of aliphatic hydroxyl groups is 2. The molecule has 0 fully saturated rings. The van der Waals surface area contributed by atoms with Crippen molar-refractivity contribution in [1.29, 1.82) is 0 Å². The smallest absolute Gasteiger partial charge is 0.331 e. The van der Waals surface area contributed by atoms with Gasteiger partial charge >= 0.3 is 11.9 Å². The monoisotopic (exact) mass is 336 g/mol. The van der Waals surface area contributed by atoms with E-state index in [9.17, 15) is 9.59 Å². The van der Waals surface area contributed by atoms with Crippen molar-refractivity contribution in [3.63, 3.8) is 0 Å². The molecule has 0 aromatic carbocycles. The topological polar surface area (TPSA) is 113 Å². The fraction of sp³-hybridized carbons (Fsp3) is 0.750. The van der Waals surface area contributed by atoms with Gasteiger partial charge < -0.3 is 24.8 Å². The zero-order valence-corrected chi connectivity index (χ0v) is 14.5. The average Bonchev–Trinajstić information content (AvgIpc) is 2.54. The average molecular weight is 336 g/mol. The van der Waals surface area contributed by atoms with Crippen LogP contribution in [0.5, 0.6) is 0 Å². The third kappa shape index (κ3) is 38.5. The molecule has 0 aromatic rings. The quantitative estimate of drug-likeness (QED) is 0.316. The van der Waals surface area contributed by atoms with Gasteiger partial charge in [-0.05, 0) is 20.3 Å². The predicted octanol–water partition coefficient (Wildman–Crippen LogP) is 1.76. The van der Waals surface area contributed by atoms with Crippen molar-refractivity contribution >= 4 is 11.9 Å². The highest BCUT2D eigenvalue weighted by Crippen LogP contribution is 1.99. The molecule has 23 heavy (non-hydrogen) atoms. The van der Waals surface area contributed by atoms with E-state index in [1.807, 2.05) is 13.8 Å². The number of carbonyl (C=O) groups is 2. The van der Waals surface area contributed by atoms with E-state index >= 15 is 0 Å². The Bertz CT molecular complexity index is 274. The Kier molecular flexibility index (Phi) is 29.3. The molecule has 0 aliphatic heterocycles. The zero-order chi connectivity index (χ0) is 18.3. The first-order valence-electron chi connectivity index (χ1n) is 7.87.